The van der Waals surface area contributed by atoms with Crippen molar-refractivity contribution in [1.82, 2.24) is 4.90 Å². The summed E-state index contributed by atoms with van der Waals surface area (Å²) in [5.74, 6) is 1.71. The Kier molecular flexibility index (Phi) is 2.53. The quantitative estimate of drug-likeness (QED) is 0.583. The molecule has 0 aliphatic heterocycles. The van der Waals surface area contributed by atoms with Crippen LogP contribution in [-0.4, -0.2) is 25.0 Å². The summed E-state index contributed by atoms with van der Waals surface area (Å²) in [6.45, 7) is 9.59. The van der Waals surface area contributed by atoms with Crippen LogP contribution in [0.2, 0.25) is 0 Å². The summed E-state index contributed by atoms with van der Waals surface area (Å²) in [5.41, 5.74) is 0.489. The van der Waals surface area contributed by atoms with Gasteiger partial charge in [0.15, 0.2) is 0 Å². The van der Waals surface area contributed by atoms with Crippen LogP contribution in [0.15, 0.2) is 0 Å². The lowest BCUT2D eigenvalue weighted by atomic mass is 9.79. The summed E-state index contributed by atoms with van der Waals surface area (Å²) in [6.07, 6.45) is 1.38. The van der Waals surface area contributed by atoms with Gasteiger partial charge in [-0.3, -0.25) is 0 Å². The maximum absolute atomic E-state index is 2.41. The molecule has 0 aromatic carbocycles. The third kappa shape index (κ3) is 1.39. The first-order valence-corrected chi connectivity index (χ1v) is 5.03. The van der Waals surface area contributed by atoms with Crippen LogP contribution in [0.3, 0.4) is 0 Å². The van der Waals surface area contributed by atoms with Gasteiger partial charge in [0.25, 0.3) is 0 Å². The van der Waals surface area contributed by atoms with Crippen molar-refractivity contribution in [2.75, 3.05) is 14.1 Å². The van der Waals surface area contributed by atoms with Crippen LogP contribution in [0.1, 0.15) is 34.1 Å². The fraction of sp³-hybridized carbons (Fsp3) is 1.00. The smallest absolute Gasteiger partial charge is 0.0169 e. The van der Waals surface area contributed by atoms with Gasteiger partial charge >= 0.3 is 0 Å². The highest BCUT2D eigenvalue weighted by atomic mass is 15.1. The minimum atomic E-state index is 0.489. The van der Waals surface area contributed by atoms with E-state index in [0.717, 1.165) is 17.9 Å². The molecular weight excluding hydrogens is 146 g/mol. The average Bonchev–Trinajstić information content (AvgIpc) is 2.02. The van der Waals surface area contributed by atoms with Crippen LogP contribution in [0.4, 0.5) is 0 Å². The van der Waals surface area contributed by atoms with Gasteiger partial charge in [0.05, 0.1) is 0 Å². The molecule has 0 bridgehead atoms. The minimum absolute atomic E-state index is 0.489. The Morgan fingerprint density at radius 1 is 1.17 bits per heavy atom. The summed E-state index contributed by atoms with van der Waals surface area (Å²) < 4.78 is 0. The zero-order chi connectivity index (χ0) is 9.52. The number of hydrogen-bond acceptors (Lipinski definition) is 1. The second kappa shape index (κ2) is 3.02. The summed E-state index contributed by atoms with van der Waals surface area (Å²) in [7, 11) is 4.42. The molecule has 0 spiro atoms. The van der Waals surface area contributed by atoms with E-state index in [-0.39, 0.29) is 0 Å². The van der Waals surface area contributed by atoms with Gasteiger partial charge in [0.1, 0.15) is 0 Å². The van der Waals surface area contributed by atoms with E-state index in [4.69, 9.17) is 0 Å². The van der Waals surface area contributed by atoms with Gasteiger partial charge in [-0.15, -0.1) is 0 Å². The van der Waals surface area contributed by atoms with Crippen molar-refractivity contribution in [1.29, 1.82) is 0 Å². The molecule has 0 amide bonds. The van der Waals surface area contributed by atoms with Crippen LogP contribution in [0.25, 0.3) is 0 Å². The maximum Gasteiger partial charge on any atom is 0.0169 e. The van der Waals surface area contributed by atoms with Crippen molar-refractivity contribution in [2.24, 2.45) is 17.3 Å². The van der Waals surface area contributed by atoms with Crippen molar-refractivity contribution < 1.29 is 0 Å². The fourth-order valence-electron chi connectivity index (χ4n) is 3.19. The molecule has 3 atom stereocenters. The Balaban J connectivity index is 2.83. The first kappa shape index (κ1) is 10.0. The Bertz CT molecular complexity index is 160. The Hall–Kier alpha value is -0.0400. The van der Waals surface area contributed by atoms with Gasteiger partial charge in [-0.2, -0.15) is 0 Å². The zero-order valence-electron chi connectivity index (χ0n) is 9.39. The first-order valence-electron chi connectivity index (χ1n) is 5.03. The van der Waals surface area contributed by atoms with Crippen molar-refractivity contribution in [3.8, 4) is 0 Å². The molecule has 0 saturated heterocycles. The second-order valence-corrected chi connectivity index (χ2v) is 5.34. The van der Waals surface area contributed by atoms with Crippen LogP contribution < -0.4 is 0 Å². The number of hydrogen-bond donors (Lipinski definition) is 0. The van der Waals surface area contributed by atoms with E-state index in [2.05, 4.69) is 46.7 Å². The van der Waals surface area contributed by atoms with Crippen molar-refractivity contribution in [3.63, 3.8) is 0 Å². The molecule has 0 N–H and O–H groups in total. The van der Waals surface area contributed by atoms with E-state index in [1.54, 1.807) is 0 Å². The van der Waals surface area contributed by atoms with Gasteiger partial charge < -0.3 is 4.90 Å². The molecule has 1 aliphatic rings. The predicted molar refractivity (Wildman–Crippen MR) is 54.2 cm³/mol. The van der Waals surface area contributed by atoms with Crippen LogP contribution in [0.5, 0.6) is 0 Å². The molecule has 1 rings (SSSR count). The maximum atomic E-state index is 2.41. The van der Waals surface area contributed by atoms with E-state index in [1.165, 1.54) is 6.42 Å². The molecule has 1 heteroatoms. The summed E-state index contributed by atoms with van der Waals surface area (Å²) in [4.78, 5) is 2.40. The lowest BCUT2D eigenvalue weighted by Gasteiger charge is -2.37. The summed E-state index contributed by atoms with van der Waals surface area (Å²) in [6, 6.07) is 0.757. The molecular formula is C11H23N. The van der Waals surface area contributed by atoms with E-state index < -0.39 is 0 Å². The molecule has 1 fully saturated rings. The van der Waals surface area contributed by atoms with E-state index in [0.29, 0.717) is 5.41 Å². The second-order valence-electron chi connectivity index (χ2n) is 5.34. The van der Waals surface area contributed by atoms with Crippen LogP contribution in [-0.2, 0) is 0 Å². The van der Waals surface area contributed by atoms with E-state index >= 15 is 0 Å². The van der Waals surface area contributed by atoms with Gasteiger partial charge in [0.2, 0.25) is 0 Å². The minimum Gasteiger partial charge on any atom is -0.306 e. The highest BCUT2D eigenvalue weighted by molar-refractivity contribution is 4.98. The van der Waals surface area contributed by atoms with Gasteiger partial charge in [0, 0.05) is 6.04 Å². The van der Waals surface area contributed by atoms with Gasteiger partial charge in [-0.1, -0.05) is 27.7 Å². The van der Waals surface area contributed by atoms with Crippen LogP contribution >= 0.6 is 0 Å². The largest absolute Gasteiger partial charge is 0.306 e. The third-order valence-corrected chi connectivity index (χ3v) is 3.85. The van der Waals surface area contributed by atoms with Crippen molar-refractivity contribution >= 4 is 0 Å². The topological polar surface area (TPSA) is 3.24 Å². The lowest BCUT2D eigenvalue weighted by molar-refractivity contribution is 0.117. The van der Waals surface area contributed by atoms with Gasteiger partial charge in [-0.05, 0) is 37.8 Å². The molecule has 12 heavy (non-hydrogen) atoms. The Morgan fingerprint density at radius 3 is 1.83 bits per heavy atom. The number of rotatable bonds is 1. The Labute approximate surface area is 77.1 Å². The van der Waals surface area contributed by atoms with Crippen LogP contribution in [0, 0.1) is 17.3 Å². The predicted octanol–water partition coefficient (Wildman–Crippen LogP) is 2.62. The molecule has 0 aromatic rings. The Morgan fingerprint density at radius 2 is 1.67 bits per heavy atom. The molecule has 0 radical (unpaired) electrons. The molecule has 0 heterocycles. The van der Waals surface area contributed by atoms with E-state index in [9.17, 15) is 0 Å². The summed E-state index contributed by atoms with van der Waals surface area (Å²) >= 11 is 0. The van der Waals surface area contributed by atoms with Gasteiger partial charge in [-0.25, -0.2) is 0 Å². The fourth-order valence-corrected chi connectivity index (χ4v) is 3.19. The highest BCUT2D eigenvalue weighted by Gasteiger charge is 2.45. The van der Waals surface area contributed by atoms with Crippen molar-refractivity contribution in [2.45, 2.75) is 40.2 Å². The third-order valence-electron chi connectivity index (χ3n) is 3.85. The zero-order valence-corrected chi connectivity index (χ0v) is 9.39. The molecule has 1 nitrogen and oxygen atoms in total. The molecule has 1 aliphatic carbocycles. The lowest BCUT2D eigenvalue weighted by Crippen LogP contribution is -2.41. The van der Waals surface area contributed by atoms with Crippen molar-refractivity contribution in [3.05, 3.63) is 0 Å². The molecule has 72 valence electrons. The molecule has 3 unspecified atom stereocenters. The SMILES string of the molecule is CC1CC(C)C(C)(C)C1N(C)C. The summed E-state index contributed by atoms with van der Waals surface area (Å²) in [5, 5.41) is 0. The molecule has 0 aromatic heterocycles. The molecule has 1 saturated carbocycles. The normalized spacial score (nSPS) is 40.8. The van der Waals surface area contributed by atoms with E-state index in [1.807, 2.05) is 0 Å². The monoisotopic (exact) mass is 169 g/mol. The standard InChI is InChI=1S/C11H23N/c1-8-7-9(2)11(3,4)10(8)12(5)6/h8-10H,7H2,1-6H3. The first-order chi connectivity index (χ1) is 5.37. The average molecular weight is 169 g/mol. The highest BCUT2D eigenvalue weighted by Crippen LogP contribution is 2.47. The number of nitrogens with zero attached hydrogens (tertiary/aromatic N) is 1.